The van der Waals surface area contributed by atoms with E-state index >= 15 is 0 Å². The van der Waals surface area contributed by atoms with Crippen LogP contribution in [-0.4, -0.2) is 45.9 Å². The van der Waals surface area contributed by atoms with Gasteiger partial charge in [0, 0.05) is 30.1 Å². The molecule has 0 saturated carbocycles. The Bertz CT molecular complexity index is 831. The minimum Gasteiger partial charge on any atom is -0.368 e. The molecule has 0 spiro atoms. The Labute approximate surface area is 155 Å². The Morgan fingerprint density at radius 3 is 2.77 bits per heavy atom. The number of carbonyl (C=O) groups excluding carboxylic acids is 1. The standard InChI is InChI=1S/C18H20FN5OS/c1-11-17(25)23-8-2-3-13(23)10-24(11)15-9-16(22-18(20)21-15)26-14-6-4-12(19)5-7-14/h4-7,9,11,13H,2-3,8,10H2,1H3,(H2,20,21,22)/t11-,13-/m1/s1. The van der Waals surface area contributed by atoms with Gasteiger partial charge in [-0.15, -0.1) is 0 Å². The number of anilines is 2. The first kappa shape index (κ1) is 17.1. The zero-order valence-corrected chi connectivity index (χ0v) is 15.2. The number of hydrogen-bond donors (Lipinski definition) is 1. The molecule has 2 aromatic rings. The smallest absolute Gasteiger partial charge is 0.245 e. The van der Waals surface area contributed by atoms with E-state index in [1.807, 2.05) is 22.8 Å². The number of fused-ring (bicyclic) bond motifs is 1. The number of halogens is 1. The first-order valence-electron chi connectivity index (χ1n) is 8.66. The van der Waals surface area contributed by atoms with Crippen molar-refractivity contribution in [1.29, 1.82) is 0 Å². The van der Waals surface area contributed by atoms with Gasteiger partial charge in [-0.2, -0.15) is 4.98 Å². The Hall–Kier alpha value is -2.35. The average Bonchev–Trinajstić information content (AvgIpc) is 3.08. The van der Waals surface area contributed by atoms with Gasteiger partial charge in [0.2, 0.25) is 11.9 Å². The lowest BCUT2D eigenvalue weighted by Gasteiger charge is -2.42. The molecule has 1 aromatic carbocycles. The van der Waals surface area contributed by atoms with Crippen molar-refractivity contribution in [2.45, 2.75) is 41.8 Å². The number of aromatic nitrogens is 2. The highest BCUT2D eigenvalue weighted by Gasteiger charge is 2.40. The number of piperazine rings is 1. The van der Waals surface area contributed by atoms with Crippen LogP contribution in [0.5, 0.6) is 0 Å². The largest absolute Gasteiger partial charge is 0.368 e. The molecular weight excluding hydrogens is 353 g/mol. The zero-order valence-electron chi connectivity index (χ0n) is 14.4. The van der Waals surface area contributed by atoms with E-state index in [1.54, 1.807) is 12.1 Å². The normalized spacial score (nSPS) is 22.6. The second kappa shape index (κ2) is 6.75. The fraction of sp³-hybridized carbons (Fsp3) is 0.389. The van der Waals surface area contributed by atoms with Crippen LogP contribution in [0.25, 0.3) is 0 Å². The molecule has 136 valence electrons. The highest BCUT2D eigenvalue weighted by Crippen LogP contribution is 2.32. The Morgan fingerprint density at radius 2 is 2.00 bits per heavy atom. The van der Waals surface area contributed by atoms with E-state index in [1.165, 1.54) is 23.9 Å². The van der Waals surface area contributed by atoms with Crippen molar-refractivity contribution in [3.05, 3.63) is 36.1 Å². The van der Waals surface area contributed by atoms with E-state index in [-0.39, 0.29) is 29.8 Å². The number of carbonyl (C=O) groups is 1. The third kappa shape index (κ3) is 3.21. The van der Waals surface area contributed by atoms with E-state index < -0.39 is 0 Å². The molecule has 2 atom stereocenters. The zero-order chi connectivity index (χ0) is 18.3. The molecule has 2 saturated heterocycles. The van der Waals surface area contributed by atoms with Crippen LogP contribution in [0.2, 0.25) is 0 Å². The summed E-state index contributed by atoms with van der Waals surface area (Å²) in [5.74, 6) is 0.692. The monoisotopic (exact) mass is 373 g/mol. The van der Waals surface area contributed by atoms with Gasteiger partial charge in [0.1, 0.15) is 22.7 Å². The molecule has 2 aliphatic heterocycles. The van der Waals surface area contributed by atoms with E-state index in [9.17, 15) is 9.18 Å². The number of nitrogen functional groups attached to an aromatic ring is 1. The second-order valence-corrected chi connectivity index (χ2v) is 7.73. The topological polar surface area (TPSA) is 75.4 Å². The number of rotatable bonds is 3. The van der Waals surface area contributed by atoms with Crippen LogP contribution in [0.15, 0.2) is 40.3 Å². The summed E-state index contributed by atoms with van der Waals surface area (Å²) < 4.78 is 13.1. The van der Waals surface area contributed by atoms with Crippen LogP contribution >= 0.6 is 11.8 Å². The molecule has 1 amide bonds. The molecule has 26 heavy (non-hydrogen) atoms. The minimum absolute atomic E-state index is 0.142. The third-order valence-corrected chi connectivity index (χ3v) is 5.86. The number of benzene rings is 1. The molecule has 0 bridgehead atoms. The van der Waals surface area contributed by atoms with Gasteiger partial charge in [-0.25, -0.2) is 9.37 Å². The molecular formula is C18H20FN5OS. The highest BCUT2D eigenvalue weighted by molar-refractivity contribution is 7.99. The van der Waals surface area contributed by atoms with Crippen molar-refractivity contribution in [3.8, 4) is 0 Å². The van der Waals surface area contributed by atoms with Gasteiger partial charge in [-0.1, -0.05) is 11.8 Å². The minimum atomic E-state index is -0.279. The van der Waals surface area contributed by atoms with Gasteiger partial charge in [0.15, 0.2) is 0 Å². The number of hydrogen-bond acceptors (Lipinski definition) is 6. The summed E-state index contributed by atoms with van der Waals surface area (Å²) in [5.41, 5.74) is 5.91. The van der Waals surface area contributed by atoms with E-state index in [0.717, 1.165) is 30.8 Å². The lowest BCUT2D eigenvalue weighted by molar-refractivity contribution is -0.134. The van der Waals surface area contributed by atoms with E-state index in [4.69, 9.17) is 5.73 Å². The molecule has 2 aliphatic rings. The van der Waals surface area contributed by atoms with Gasteiger partial charge in [-0.05, 0) is 44.0 Å². The fourth-order valence-electron chi connectivity index (χ4n) is 3.62. The molecule has 0 radical (unpaired) electrons. The van der Waals surface area contributed by atoms with Gasteiger partial charge in [0.05, 0.1) is 0 Å². The van der Waals surface area contributed by atoms with Crippen molar-refractivity contribution in [2.75, 3.05) is 23.7 Å². The molecule has 2 N–H and O–H groups in total. The SMILES string of the molecule is C[C@@H]1C(=O)N2CCC[C@@H]2CN1c1cc(Sc2ccc(F)cc2)nc(N)n1. The van der Waals surface area contributed by atoms with Crippen LogP contribution < -0.4 is 10.6 Å². The first-order valence-corrected chi connectivity index (χ1v) is 9.48. The predicted molar refractivity (Wildman–Crippen MR) is 98.5 cm³/mol. The second-order valence-electron chi connectivity index (χ2n) is 6.63. The van der Waals surface area contributed by atoms with Crippen molar-refractivity contribution in [2.24, 2.45) is 0 Å². The van der Waals surface area contributed by atoms with Crippen molar-refractivity contribution in [3.63, 3.8) is 0 Å². The molecule has 3 heterocycles. The molecule has 1 aromatic heterocycles. The van der Waals surface area contributed by atoms with Crippen molar-refractivity contribution >= 4 is 29.4 Å². The average molecular weight is 373 g/mol. The third-order valence-electron chi connectivity index (χ3n) is 4.93. The van der Waals surface area contributed by atoms with Gasteiger partial charge in [-0.3, -0.25) is 4.79 Å². The predicted octanol–water partition coefficient (Wildman–Crippen LogP) is 2.55. The Kier molecular flexibility index (Phi) is 4.44. The molecule has 2 fully saturated rings. The van der Waals surface area contributed by atoms with Gasteiger partial charge >= 0.3 is 0 Å². The molecule has 6 nitrogen and oxygen atoms in total. The number of nitrogens with zero attached hydrogens (tertiary/aromatic N) is 4. The summed E-state index contributed by atoms with van der Waals surface area (Å²) in [6, 6.07) is 8.02. The molecule has 8 heteroatoms. The van der Waals surface area contributed by atoms with Crippen LogP contribution in [0.3, 0.4) is 0 Å². The van der Waals surface area contributed by atoms with Crippen LogP contribution in [0, 0.1) is 5.82 Å². The lowest BCUT2D eigenvalue weighted by atomic mass is 10.1. The van der Waals surface area contributed by atoms with Crippen LogP contribution in [0.1, 0.15) is 19.8 Å². The quantitative estimate of drug-likeness (QED) is 0.834. The maximum atomic E-state index is 13.1. The summed E-state index contributed by atoms with van der Waals surface area (Å²) >= 11 is 1.39. The lowest BCUT2D eigenvalue weighted by Crippen LogP contribution is -2.59. The number of nitrogens with two attached hydrogens (primary N) is 1. The maximum Gasteiger partial charge on any atom is 0.245 e. The highest BCUT2D eigenvalue weighted by atomic mass is 32.2. The Morgan fingerprint density at radius 1 is 1.23 bits per heavy atom. The van der Waals surface area contributed by atoms with E-state index in [0.29, 0.717) is 10.8 Å². The number of amides is 1. The molecule has 0 aliphatic carbocycles. The summed E-state index contributed by atoms with van der Waals surface area (Å²) in [4.78, 5) is 26.1. The van der Waals surface area contributed by atoms with Crippen molar-refractivity contribution in [1.82, 2.24) is 14.9 Å². The first-order chi connectivity index (χ1) is 12.5. The van der Waals surface area contributed by atoms with Crippen molar-refractivity contribution < 1.29 is 9.18 Å². The summed E-state index contributed by atoms with van der Waals surface area (Å²) in [5, 5.41) is 0.674. The Balaban J connectivity index is 1.61. The summed E-state index contributed by atoms with van der Waals surface area (Å²) in [6.07, 6.45) is 2.07. The molecule has 4 rings (SSSR count). The summed E-state index contributed by atoms with van der Waals surface area (Å²) in [7, 11) is 0. The summed E-state index contributed by atoms with van der Waals surface area (Å²) in [6.45, 7) is 3.51. The van der Waals surface area contributed by atoms with E-state index in [2.05, 4.69) is 9.97 Å². The molecule has 0 unspecified atom stereocenters. The van der Waals surface area contributed by atoms with Crippen LogP contribution in [0.4, 0.5) is 16.2 Å². The fourth-order valence-corrected chi connectivity index (χ4v) is 4.44. The maximum absolute atomic E-state index is 13.1. The van der Waals surface area contributed by atoms with Gasteiger partial charge < -0.3 is 15.5 Å². The van der Waals surface area contributed by atoms with Crippen LogP contribution in [-0.2, 0) is 4.79 Å². The van der Waals surface area contributed by atoms with Gasteiger partial charge in [0.25, 0.3) is 0 Å².